The average molecular weight is 798 g/mol. The van der Waals surface area contributed by atoms with Crippen molar-refractivity contribution in [3.63, 3.8) is 0 Å². The van der Waals surface area contributed by atoms with Crippen molar-refractivity contribution in [1.29, 1.82) is 0 Å². The van der Waals surface area contributed by atoms with Gasteiger partial charge in [0.25, 0.3) is 0 Å². The Morgan fingerprint density at radius 3 is 0.547 bits per heavy atom. The molecule has 0 aromatic carbocycles. The van der Waals surface area contributed by atoms with Gasteiger partial charge in [-0.1, -0.05) is 261 Å². The number of unbranched alkanes of at least 4 members (excludes halogenated alkanes) is 24. The molecule has 0 bridgehead atoms. The molecule has 0 rings (SSSR count). The average Bonchev–Trinajstić information content (AvgIpc) is 3.16. The highest BCUT2D eigenvalue weighted by Gasteiger charge is 2.50. The lowest BCUT2D eigenvalue weighted by Crippen LogP contribution is -2.59. The topological polar surface area (TPSA) is 18.5 Å². The smallest absolute Gasteiger partial charge is 0.317 e. The molecule has 0 aliphatic rings. The molecule has 0 spiro atoms. The summed E-state index contributed by atoms with van der Waals surface area (Å²) in [5.74, 6) is 0. The van der Waals surface area contributed by atoms with E-state index >= 15 is 0 Å². The van der Waals surface area contributed by atoms with Gasteiger partial charge in [0.1, 0.15) is 0 Å². The molecule has 0 amide bonds. The van der Waals surface area contributed by atoms with Crippen molar-refractivity contribution in [2.24, 2.45) is 0 Å². The molecule has 0 saturated carbocycles. The van der Waals surface area contributed by atoms with E-state index < -0.39 is 25.2 Å². The zero-order chi connectivity index (χ0) is 39.2. The lowest BCUT2D eigenvalue weighted by atomic mass is 10.2. The zero-order valence-electron chi connectivity index (χ0n) is 38.6. The second kappa shape index (κ2) is 38.1. The lowest BCUT2D eigenvalue weighted by Gasteiger charge is -2.48. The molecule has 2 nitrogen and oxygen atoms in total. The van der Waals surface area contributed by atoms with Crippen molar-refractivity contribution < 1.29 is 8.23 Å². The summed E-state index contributed by atoms with van der Waals surface area (Å²) in [5.41, 5.74) is 0. The molecule has 0 N–H and O–H groups in total. The minimum absolute atomic E-state index is 1.31. The van der Waals surface area contributed by atoms with Crippen LogP contribution in [0.4, 0.5) is 0 Å². The lowest BCUT2D eigenvalue weighted by molar-refractivity contribution is 0.340. The Kier molecular flexibility index (Phi) is 38.5. The maximum atomic E-state index is 8.56. The molecule has 0 heterocycles. The van der Waals surface area contributed by atoms with Crippen LogP contribution in [0.25, 0.3) is 0 Å². The van der Waals surface area contributed by atoms with Crippen LogP contribution in [0, 0.1) is 0 Å². The van der Waals surface area contributed by atoms with Crippen molar-refractivity contribution >= 4 is 25.2 Å². The van der Waals surface area contributed by atoms with E-state index in [-0.39, 0.29) is 0 Å². The second-order valence-corrected chi connectivity index (χ2v) is 30.2. The van der Waals surface area contributed by atoms with Gasteiger partial charge in [-0.3, -0.25) is 0 Å². The van der Waals surface area contributed by atoms with Gasteiger partial charge in [0.2, 0.25) is 0 Å². The maximum Gasteiger partial charge on any atom is 0.317 e. The minimum Gasteiger partial charge on any atom is -0.436 e. The standard InChI is InChI=1S/C48H104O2Si3/c1-9-17-25-33-41-51(42-34-26-18-10-2,43-35-27-19-11-3)49-53(47-39-31-23-15-7,48-40-32-24-16-8)50-52(44-36-28-20-12-4,45-37-29-21-13-5)46-38-30-22-14-6/h9-48H2,1-8H3. The first kappa shape index (κ1) is 53.6. The summed E-state index contributed by atoms with van der Waals surface area (Å²) in [6.45, 7) is 19.1. The van der Waals surface area contributed by atoms with E-state index in [2.05, 4.69) is 55.4 Å². The Bertz CT molecular complexity index is 609. The van der Waals surface area contributed by atoms with E-state index in [9.17, 15) is 0 Å². The van der Waals surface area contributed by atoms with Gasteiger partial charge >= 0.3 is 8.56 Å². The van der Waals surface area contributed by atoms with Gasteiger partial charge in [0.15, 0.2) is 16.6 Å². The summed E-state index contributed by atoms with van der Waals surface area (Å²) in [5, 5.41) is 0. The Hall–Kier alpha value is 0.571. The van der Waals surface area contributed by atoms with E-state index in [0.717, 1.165) is 0 Å². The molecule has 5 heteroatoms. The van der Waals surface area contributed by atoms with Gasteiger partial charge in [-0.25, -0.2) is 0 Å². The van der Waals surface area contributed by atoms with Crippen molar-refractivity contribution in [3.8, 4) is 0 Å². The summed E-state index contributed by atoms with van der Waals surface area (Å²) in [6, 6.07) is 11.1. The molecular weight excluding hydrogens is 693 g/mol. The van der Waals surface area contributed by atoms with Crippen LogP contribution in [0.5, 0.6) is 0 Å². The maximum absolute atomic E-state index is 8.56. The van der Waals surface area contributed by atoms with Crippen molar-refractivity contribution in [2.75, 3.05) is 0 Å². The van der Waals surface area contributed by atoms with Crippen LogP contribution in [-0.4, -0.2) is 25.2 Å². The number of hydrogen-bond acceptors (Lipinski definition) is 2. The van der Waals surface area contributed by atoms with Gasteiger partial charge in [-0.15, -0.1) is 0 Å². The van der Waals surface area contributed by atoms with Crippen molar-refractivity contribution in [1.82, 2.24) is 0 Å². The van der Waals surface area contributed by atoms with Gasteiger partial charge in [-0.05, 0) is 48.4 Å². The largest absolute Gasteiger partial charge is 0.436 e. The summed E-state index contributed by atoms with van der Waals surface area (Å²) in [4.78, 5) is 0. The van der Waals surface area contributed by atoms with Gasteiger partial charge in [0.05, 0.1) is 0 Å². The molecule has 0 fully saturated rings. The molecule has 0 aromatic heterocycles. The highest BCUT2D eigenvalue weighted by atomic mass is 28.5. The van der Waals surface area contributed by atoms with E-state index in [4.69, 9.17) is 8.23 Å². The molecule has 0 saturated heterocycles. The van der Waals surface area contributed by atoms with E-state index in [1.54, 1.807) is 0 Å². The minimum atomic E-state index is -2.45. The van der Waals surface area contributed by atoms with E-state index in [1.807, 2.05) is 0 Å². The Morgan fingerprint density at radius 1 is 0.208 bits per heavy atom. The fourth-order valence-electron chi connectivity index (χ4n) is 9.08. The van der Waals surface area contributed by atoms with E-state index in [1.165, 1.54) is 254 Å². The number of rotatable bonds is 44. The van der Waals surface area contributed by atoms with Crippen LogP contribution >= 0.6 is 0 Å². The third kappa shape index (κ3) is 28.6. The van der Waals surface area contributed by atoms with Crippen molar-refractivity contribution in [2.45, 2.75) is 309 Å². The molecular formula is C48H104O2Si3. The summed E-state index contributed by atoms with van der Waals surface area (Å²) in [7, 11) is -6.43. The summed E-state index contributed by atoms with van der Waals surface area (Å²) >= 11 is 0. The van der Waals surface area contributed by atoms with Gasteiger partial charge < -0.3 is 8.23 Å². The normalized spacial score (nSPS) is 12.7. The molecule has 53 heavy (non-hydrogen) atoms. The Balaban J connectivity index is 7.33. The molecule has 0 aliphatic heterocycles. The van der Waals surface area contributed by atoms with Crippen LogP contribution in [0.1, 0.15) is 261 Å². The SMILES string of the molecule is CCCCCC[Si](CCCCCC)(CCCCCC)O[Si](CCCCCC)(CCCCCC)O[Si](CCCCCC)(CCCCCC)CCCCCC. The van der Waals surface area contributed by atoms with Gasteiger partial charge in [-0.2, -0.15) is 0 Å². The third-order valence-electron chi connectivity index (χ3n) is 12.5. The zero-order valence-corrected chi connectivity index (χ0v) is 41.6. The Morgan fingerprint density at radius 2 is 0.377 bits per heavy atom. The predicted octanol–water partition coefficient (Wildman–Crippen LogP) is 19.0. The fourth-order valence-corrected chi connectivity index (χ4v) is 28.7. The number of hydrogen-bond donors (Lipinski definition) is 0. The van der Waals surface area contributed by atoms with Crippen LogP contribution in [-0.2, 0) is 8.23 Å². The molecule has 320 valence electrons. The van der Waals surface area contributed by atoms with Crippen molar-refractivity contribution in [3.05, 3.63) is 0 Å². The van der Waals surface area contributed by atoms with Gasteiger partial charge in [0, 0.05) is 0 Å². The quantitative estimate of drug-likeness (QED) is 0.0452. The van der Waals surface area contributed by atoms with Crippen LogP contribution in [0.3, 0.4) is 0 Å². The molecule has 0 aromatic rings. The monoisotopic (exact) mass is 797 g/mol. The summed E-state index contributed by atoms with van der Waals surface area (Å²) < 4.78 is 17.1. The molecule has 0 unspecified atom stereocenters. The second-order valence-electron chi connectivity index (χ2n) is 18.0. The fraction of sp³-hybridized carbons (Fsp3) is 1.00. The first-order valence-electron chi connectivity index (χ1n) is 25.3. The highest BCUT2D eigenvalue weighted by molar-refractivity contribution is 6.90. The van der Waals surface area contributed by atoms with E-state index in [0.29, 0.717) is 0 Å². The van der Waals surface area contributed by atoms with Crippen LogP contribution in [0.2, 0.25) is 48.4 Å². The molecule has 0 radical (unpaired) electrons. The first-order chi connectivity index (χ1) is 25.9. The molecule has 0 aliphatic carbocycles. The summed E-state index contributed by atoms with van der Waals surface area (Å²) in [6.07, 6.45) is 44.1. The molecule has 0 atom stereocenters. The first-order valence-corrected chi connectivity index (χ1v) is 32.6. The van der Waals surface area contributed by atoms with Crippen LogP contribution < -0.4 is 0 Å². The predicted molar refractivity (Wildman–Crippen MR) is 251 cm³/mol. The third-order valence-corrected chi connectivity index (χ3v) is 28.8. The van der Waals surface area contributed by atoms with Crippen LogP contribution in [0.15, 0.2) is 0 Å². The Labute approximate surface area is 341 Å². The highest BCUT2D eigenvalue weighted by Crippen LogP contribution is 2.42.